The topological polar surface area (TPSA) is 200 Å². The molecule has 1 saturated heterocycles. The summed E-state index contributed by atoms with van der Waals surface area (Å²) in [6.45, 7) is 7.81. The summed E-state index contributed by atoms with van der Waals surface area (Å²) in [5.41, 5.74) is 7.79. The third-order valence-electron chi connectivity index (χ3n) is 15.7. The molecule has 4 bridgehead atoms. The molecule has 362 valence electrons. The number of ketones is 2. The first-order chi connectivity index (χ1) is 32.4. The first kappa shape index (κ1) is 48.8. The number of aliphatic hydroxyl groups is 2. The van der Waals surface area contributed by atoms with Gasteiger partial charge in [-0.3, -0.25) is 9.59 Å². The summed E-state index contributed by atoms with van der Waals surface area (Å²) < 4.78 is 13.3. The van der Waals surface area contributed by atoms with Crippen LogP contribution in [0.25, 0.3) is 0 Å². The summed E-state index contributed by atoms with van der Waals surface area (Å²) in [5, 5.41) is 37.9. The van der Waals surface area contributed by atoms with Gasteiger partial charge in [0.05, 0.1) is 19.4 Å². The van der Waals surface area contributed by atoms with Crippen molar-refractivity contribution in [2.75, 3.05) is 40.0 Å². The van der Waals surface area contributed by atoms with Gasteiger partial charge in [-0.1, -0.05) is 80.8 Å². The largest absolute Gasteiger partial charge is 0.459 e. The molecule has 13 nitrogen and oxygen atoms in total. The van der Waals surface area contributed by atoms with E-state index < -0.39 is 34.8 Å². The highest BCUT2D eigenvalue weighted by Crippen LogP contribution is 2.60. The van der Waals surface area contributed by atoms with Crippen molar-refractivity contribution in [1.82, 2.24) is 26.6 Å². The van der Waals surface area contributed by atoms with Gasteiger partial charge in [0.2, 0.25) is 5.78 Å². The lowest BCUT2D eigenvalue weighted by Gasteiger charge is -2.43. The lowest BCUT2D eigenvalue weighted by atomic mass is 9.66. The van der Waals surface area contributed by atoms with Crippen molar-refractivity contribution < 1.29 is 34.1 Å². The molecule has 1 aromatic carbocycles. The maximum atomic E-state index is 15.7. The molecule has 1 fully saturated rings. The van der Waals surface area contributed by atoms with E-state index in [4.69, 9.17) is 15.2 Å². The number of esters is 1. The third kappa shape index (κ3) is 9.96. The summed E-state index contributed by atoms with van der Waals surface area (Å²) in [4.78, 5) is 46.6. The van der Waals surface area contributed by atoms with Gasteiger partial charge in [-0.15, -0.1) is 0 Å². The fourth-order valence-electron chi connectivity index (χ4n) is 12.1. The van der Waals surface area contributed by atoms with Gasteiger partial charge in [0.25, 0.3) is 5.60 Å². The molecular formula is C54H74N6O7. The number of ether oxygens (including phenoxy) is 2. The number of carbonyl (C=O) groups excluding carboxylic acids is 3. The van der Waals surface area contributed by atoms with Crippen LogP contribution in [0.4, 0.5) is 0 Å². The Morgan fingerprint density at radius 1 is 1.09 bits per heavy atom. The number of aliphatic hydroxyl groups excluding tert-OH is 2. The predicted octanol–water partition coefficient (Wildman–Crippen LogP) is 5.83. The average Bonchev–Trinajstić information content (AvgIpc) is 4.03. The fourth-order valence-corrected chi connectivity index (χ4v) is 12.1. The Morgan fingerprint density at radius 3 is 2.70 bits per heavy atom. The molecule has 1 unspecified atom stereocenters. The van der Waals surface area contributed by atoms with Gasteiger partial charge in [-0.2, -0.15) is 0 Å². The number of nitrogens with one attached hydrogen (secondary N) is 5. The zero-order chi connectivity index (χ0) is 47.3. The van der Waals surface area contributed by atoms with Gasteiger partial charge >= 0.3 is 5.97 Å². The number of hydrogen-bond acceptors (Lipinski definition) is 13. The normalized spacial score (nSPS) is 32.8. The second-order valence-corrected chi connectivity index (χ2v) is 20.4. The molecular weight excluding hydrogens is 845 g/mol. The summed E-state index contributed by atoms with van der Waals surface area (Å²) in [7, 11) is 1.88. The minimum absolute atomic E-state index is 0.0858. The zero-order valence-corrected chi connectivity index (χ0v) is 40.1. The van der Waals surface area contributed by atoms with Gasteiger partial charge < -0.3 is 52.0 Å². The van der Waals surface area contributed by atoms with Crippen LogP contribution >= 0.6 is 0 Å². The van der Waals surface area contributed by atoms with Gasteiger partial charge in [0.15, 0.2) is 11.4 Å². The number of nitrogens with two attached hydrogens (primary N) is 1. The van der Waals surface area contributed by atoms with Crippen LogP contribution in [-0.2, 0) is 20.7 Å². The summed E-state index contributed by atoms with van der Waals surface area (Å²) in [6, 6.07) is 5.33. The van der Waals surface area contributed by atoms with Crippen LogP contribution in [0.2, 0.25) is 0 Å². The molecule has 4 aliphatic heterocycles. The third-order valence-corrected chi connectivity index (χ3v) is 15.7. The SMILES string of the molecule is CCN[C@H]1C=C2C=CC[C@@H]3CCCC[C@](C)(CC4=CNC(N)C=C4)Cc4cccc5c4C(=O)[C@]4(O[C@@]4(C/C(CO)=C(\C)CCC4=CCNC(NCNC)=C4)C5=O)C(=O)O[C@H](CCCO)[C@H]1C[C@H]23. The smallest absolute Gasteiger partial charge is 0.350 e. The zero-order valence-electron chi connectivity index (χ0n) is 40.1. The number of benzene rings is 1. The number of fused-ring (bicyclic) bond motifs is 1. The molecule has 8 rings (SSSR count). The summed E-state index contributed by atoms with van der Waals surface area (Å²) in [5.74, 6) is -0.421. The number of carbonyl (C=O) groups is 3. The van der Waals surface area contributed by atoms with Crippen LogP contribution in [0.15, 0.2) is 101 Å². The molecule has 0 radical (unpaired) electrons. The number of cyclic esters (lactones) is 1. The number of hydrogen-bond donors (Lipinski definition) is 8. The average molecular weight is 919 g/mol. The molecule has 0 saturated carbocycles. The molecule has 3 aliphatic carbocycles. The van der Waals surface area contributed by atoms with E-state index in [0.717, 1.165) is 61.1 Å². The van der Waals surface area contributed by atoms with Crippen LogP contribution < -0.4 is 32.3 Å². The van der Waals surface area contributed by atoms with Crippen LogP contribution in [0.5, 0.6) is 0 Å². The number of allylic oxidation sites excluding steroid dienone is 8. The second kappa shape index (κ2) is 20.9. The van der Waals surface area contributed by atoms with E-state index in [-0.39, 0.29) is 60.2 Å². The summed E-state index contributed by atoms with van der Waals surface area (Å²) >= 11 is 0. The van der Waals surface area contributed by atoms with Crippen molar-refractivity contribution in [2.24, 2.45) is 28.9 Å². The molecule has 1 aromatic rings. The predicted molar refractivity (Wildman–Crippen MR) is 260 cm³/mol. The van der Waals surface area contributed by atoms with Crippen LogP contribution in [0.1, 0.15) is 124 Å². The van der Waals surface area contributed by atoms with Crippen molar-refractivity contribution in [1.29, 1.82) is 0 Å². The molecule has 7 aliphatic rings. The van der Waals surface area contributed by atoms with Gasteiger partial charge in [0.1, 0.15) is 11.9 Å². The van der Waals surface area contributed by atoms with Crippen molar-refractivity contribution in [2.45, 2.75) is 134 Å². The highest BCUT2D eigenvalue weighted by atomic mass is 16.7. The first-order valence-electron chi connectivity index (χ1n) is 24.9. The van der Waals surface area contributed by atoms with Gasteiger partial charge in [-0.25, -0.2) is 4.79 Å². The lowest BCUT2D eigenvalue weighted by molar-refractivity contribution is -0.158. The summed E-state index contributed by atoms with van der Waals surface area (Å²) in [6.07, 6.45) is 25.0. The highest BCUT2D eigenvalue weighted by Gasteiger charge is 2.86. The van der Waals surface area contributed by atoms with Crippen molar-refractivity contribution in [3.8, 4) is 0 Å². The molecule has 9 N–H and O–H groups in total. The molecule has 67 heavy (non-hydrogen) atoms. The first-order valence-corrected chi connectivity index (χ1v) is 24.9. The molecule has 9 atom stereocenters. The Balaban J connectivity index is 1.21. The molecule has 4 heterocycles. The maximum absolute atomic E-state index is 15.7. The molecule has 0 aromatic heterocycles. The van der Waals surface area contributed by atoms with Crippen LogP contribution in [0.3, 0.4) is 0 Å². The Bertz CT molecular complexity index is 2280. The maximum Gasteiger partial charge on any atom is 0.350 e. The van der Waals surface area contributed by atoms with E-state index in [2.05, 4.69) is 76.9 Å². The number of Topliss-reactive ketones (excluding diaryl/α,β-unsaturated/α-hetero) is 2. The standard InChI is InChI=1S/C54H74N6O7/c1-5-57-44-26-38-13-8-12-37-11-6-7-22-52(3,28-36-19-20-46(55)59-31-36)29-39-14-9-15-41-48(39)50(64)54(51(65)66-45(16-10-24-61)43(44)27-42(37)38)53(67-54,49(41)63)30-40(32-62)34(2)17-18-35-21-23-58-47(25-35)60-33-56-4/h8-9,13-15,19-21,25-26,31,37,42-46,56-62H,5-7,10-12,16-18,22-24,27-30,32-33,55H2,1-4H3/b40-34-/t37-,42-,43-,44-,45+,46?,52+,53-,54-/m0/s1. The minimum atomic E-state index is -2.25. The Hall–Kier alpha value is -4.63. The monoisotopic (exact) mass is 919 g/mol. The highest BCUT2D eigenvalue weighted by molar-refractivity contribution is 6.33. The number of epoxide rings is 1. The van der Waals surface area contributed by atoms with Crippen molar-refractivity contribution in [3.05, 3.63) is 117 Å². The Morgan fingerprint density at radius 2 is 1.94 bits per heavy atom. The molecule has 13 heteroatoms. The Kier molecular flexibility index (Phi) is 15.3. The van der Waals surface area contributed by atoms with Gasteiger partial charge in [0, 0.05) is 48.9 Å². The second-order valence-electron chi connectivity index (χ2n) is 20.4. The van der Waals surface area contributed by atoms with Gasteiger partial charge in [-0.05, 0) is 142 Å². The van der Waals surface area contributed by atoms with Crippen molar-refractivity contribution in [3.63, 3.8) is 0 Å². The van der Waals surface area contributed by atoms with Crippen molar-refractivity contribution >= 4 is 17.5 Å². The molecule has 1 spiro atoms. The van der Waals surface area contributed by atoms with E-state index in [9.17, 15) is 10.2 Å². The number of rotatable bonds is 16. The number of likely N-dealkylation sites (N-methyl/N-ethyl adjacent to an activating group) is 1. The van der Waals surface area contributed by atoms with E-state index in [0.29, 0.717) is 75.3 Å². The van der Waals surface area contributed by atoms with Crippen LogP contribution in [0, 0.1) is 23.2 Å². The quantitative estimate of drug-likeness (QED) is 0.0324. The number of dihydropyridines is 2. The van der Waals surface area contributed by atoms with Crippen LogP contribution in [-0.4, -0.2) is 97.3 Å². The van der Waals surface area contributed by atoms with E-state index >= 15 is 14.4 Å². The molecule has 0 amide bonds. The fraction of sp³-hybridized carbons (Fsp3) is 0.574. The van der Waals surface area contributed by atoms with E-state index in [1.165, 1.54) is 5.57 Å². The Labute approximate surface area is 396 Å². The van der Waals surface area contributed by atoms with E-state index in [1.54, 1.807) is 6.07 Å². The lowest BCUT2D eigenvalue weighted by Crippen LogP contribution is -2.53. The van der Waals surface area contributed by atoms with E-state index in [1.807, 2.05) is 38.4 Å². The minimum Gasteiger partial charge on any atom is -0.459 e.